The molecule has 23 heavy (non-hydrogen) atoms. The van der Waals surface area contributed by atoms with Crippen LogP contribution in [0.1, 0.15) is 20.8 Å². The van der Waals surface area contributed by atoms with Crippen LogP contribution in [0.25, 0.3) is 0 Å². The molecule has 1 aromatic carbocycles. The number of halogens is 1. The summed E-state index contributed by atoms with van der Waals surface area (Å²) in [4.78, 5) is 21.6. The van der Waals surface area contributed by atoms with E-state index in [2.05, 4.69) is 10.1 Å². The van der Waals surface area contributed by atoms with E-state index in [1.807, 2.05) is 17.5 Å². The molecule has 0 radical (unpaired) electrons. The highest BCUT2D eigenvalue weighted by Crippen LogP contribution is 2.16. The van der Waals surface area contributed by atoms with Crippen molar-refractivity contribution in [2.45, 2.75) is 0 Å². The zero-order chi connectivity index (χ0) is 16.1. The molecule has 6 heteroatoms. The lowest BCUT2D eigenvalue weighted by Gasteiger charge is -2.06. The molecule has 0 amide bonds. The Hall–Kier alpha value is -2.50. The minimum Gasteiger partial charge on any atom is -0.311 e. The van der Waals surface area contributed by atoms with E-state index in [4.69, 9.17) is 16.4 Å². The Balaban J connectivity index is 1.93. The van der Waals surface area contributed by atoms with E-state index in [1.54, 1.807) is 48.8 Å². The standard InChI is InChI=1S/C17H11ClN2O2S/c18-14-5-3-12(4-6-14)16(13-7-9-19-10-8-13)20-22-17(21)15-2-1-11-23-15/h1-11H/b20-16-. The van der Waals surface area contributed by atoms with Crippen LogP contribution in [0.5, 0.6) is 0 Å². The van der Waals surface area contributed by atoms with E-state index < -0.39 is 5.97 Å². The van der Waals surface area contributed by atoms with E-state index >= 15 is 0 Å². The Morgan fingerprint density at radius 2 is 1.74 bits per heavy atom. The van der Waals surface area contributed by atoms with Crippen molar-refractivity contribution in [2.75, 3.05) is 0 Å². The molecule has 114 valence electrons. The maximum Gasteiger partial charge on any atom is 0.375 e. The second kappa shape index (κ2) is 7.17. The van der Waals surface area contributed by atoms with Crippen LogP contribution in [-0.2, 0) is 4.84 Å². The summed E-state index contributed by atoms with van der Waals surface area (Å²) in [5.41, 5.74) is 2.12. The number of carbonyl (C=O) groups is 1. The lowest BCUT2D eigenvalue weighted by molar-refractivity contribution is 0.0523. The molecule has 0 fully saturated rings. The Kier molecular flexibility index (Phi) is 4.80. The lowest BCUT2D eigenvalue weighted by atomic mass is 10.0. The van der Waals surface area contributed by atoms with Crippen LogP contribution in [0.2, 0.25) is 5.02 Å². The summed E-state index contributed by atoms with van der Waals surface area (Å²) in [6, 6.07) is 14.2. The van der Waals surface area contributed by atoms with Gasteiger partial charge in [-0.05, 0) is 35.7 Å². The number of hydrogen-bond donors (Lipinski definition) is 0. The monoisotopic (exact) mass is 342 g/mol. The molecule has 0 atom stereocenters. The van der Waals surface area contributed by atoms with Gasteiger partial charge in [0.1, 0.15) is 10.6 Å². The SMILES string of the molecule is O=C(O/N=C(\c1ccncc1)c1ccc(Cl)cc1)c1cccs1. The molecule has 0 aliphatic heterocycles. The zero-order valence-electron chi connectivity index (χ0n) is 11.8. The van der Waals surface area contributed by atoms with Gasteiger partial charge in [-0.15, -0.1) is 11.3 Å². The first-order chi connectivity index (χ1) is 11.2. The summed E-state index contributed by atoms with van der Waals surface area (Å²) >= 11 is 7.23. The molecule has 0 unspecified atom stereocenters. The Morgan fingerprint density at radius 3 is 2.39 bits per heavy atom. The van der Waals surface area contributed by atoms with Crippen LogP contribution in [0, 0.1) is 0 Å². The van der Waals surface area contributed by atoms with Crippen LogP contribution in [0.4, 0.5) is 0 Å². The van der Waals surface area contributed by atoms with Crippen molar-refractivity contribution in [3.05, 3.63) is 87.3 Å². The highest BCUT2D eigenvalue weighted by molar-refractivity contribution is 7.11. The summed E-state index contributed by atoms with van der Waals surface area (Å²) in [6.45, 7) is 0. The normalized spacial score (nSPS) is 11.3. The molecular weight excluding hydrogens is 332 g/mol. The maximum absolute atomic E-state index is 12.0. The van der Waals surface area contributed by atoms with Crippen molar-refractivity contribution in [1.82, 2.24) is 4.98 Å². The van der Waals surface area contributed by atoms with Crippen LogP contribution in [0.3, 0.4) is 0 Å². The van der Waals surface area contributed by atoms with Gasteiger partial charge in [0.25, 0.3) is 0 Å². The average molecular weight is 343 g/mol. The largest absolute Gasteiger partial charge is 0.375 e. The number of benzene rings is 1. The number of carbonyl (C=O) groups excluding carboxylic acids is 1. The minimum absolute atomic E-state index is 0.486. The summed E-state index contributed by atoms with van der Waals surface area (Å²) < 4.78 is 0. The number of hydrogen-bond acceptors (Lipinski definition) is 5. The predicted molar refractivity (Wildman–Crippen MR) is 91.1 cm³/mol. The number of rotatable bonds is 4. The summed E-state index contributed by atoms with van der Waals surface area (Å²) in [7, 11) is 0. The van der Waals surface area contributed by atoms with Crippen LogP contribution >= 0.6 is 22.9 Å². The van der Waals surface area contributed by atoms with Gasteiger partial charge in [-0.2, -0.15) is 0 Å². The van der Waals surface area contributed by atoms with Crippen LogP contribution in [0.15, 0.2) is 71.5 Å². The van der Waals surface area contributed by atoms with Gasteiger partial charge in [-0.1, -0.05) is 35.0 Å². The van der Waals surface area contributed by atoms with Crippen molar-refractivity contribution in [1.29, 1.82) is 0 Å². The van der Waals surface area contributed by atoms with Crippen LogP contribution in [-0.4, -0.2) is 16.7 Å². The van der Waals surface area contributed by atoms with E-state index in [1.165, 1.54) is 11.3 Å². The van der Waals surface area contributed by atoms with Gasteiger partial charge < -0.3 is 4.84 Å². The quantitative estimate of drug-likeness (QED) is 0.401. The first-order valence-corrected chi connectivity index (χ1v) is 7.99. The van der Waals surface area contributed by atoms with E-state index in [0.717, 1.165) is 11.1 Å². The van der Waals surface area contributed by atoms with Gasteiger partial charge >= 0.3 is 5.97 Å². The number of oxime groups is 1. The molecule has 0 aliphatic carbocycles. The van der Waals surface area contributed by atoms with Gasteiger partial charge in [-0.3, -0.25) is 4.98 Å². The van der Waals surface area contributed by atoms with Gasteiger partial charge in [0.05, 0.1) is 0 Å². The molecule has 0 bridgehead atoms. The molecule has 0 saturated heterocycles. The summed E-state index contributed by atoms with van der Waals surface area (Å²) in [5.74, 6) is -0.486. The average Bonchev–Trinajstić information content (AvgIpc) is 3.12. The van der Waals surface area contributed by atoms with Crippen molar-refractivity contribution >= 4 is 34.6 Å². The van der Waals surface area contributed by atoms with Crippen molar-refractivity contribution < 1.29 is 9.63 Å². The summed E-state index contributed by atoms with van der Waals surface area (Å²) in [6.07, 6.45) is 3.31. The van der Waals surface area contributed by atoms with E-state index in [-0.39, 0.29) is 0 Å². The number of aromatic nitrogens is 1. The fourth-order valence-electron chi connectivity index (χ4n) is 1.92. The van der Waals surface area contributed by atoms with Crippen molar-refractivity contribution in [3.8, 4) is 0 Å². The van der Waals surface area contributed by atoms with Crippen LogP contribution < -0.4 is 0 Å². The predicted octanol–water partition coefficient (Wildman–Crippen LogP) is 4.41. The smallest absolute Gasteiger partial charge is 0.311 e. The van der Waals surface area contributed by atoms with E-state index in [9.17, 15) is 4.79 Å². The number of nitrogens with zero attached hydrogens (tertiary/aromatic N) is 2. The first kappa shape index (κ1) is 15.4. The summed E-state index contributed by atoms with van der Waals surface area (Å²) in [5, 5.41) is 6.49. The lowest BCUT2D eigenvalue weighted by Crippen LogP contribution is -2.07. The van der Waals surface area contributed by atoms with Gasteiger partial charge in [0, 0.05) is 28.5 Å². The number of pyridine rings is 1. The highest BCUT2D eigenvalue weighted by Gasteiger charge is 2.12. The Morgan fingerprint density at radius 1 is 1.04 bits per heavy atom. The molecule has 3 aromatic rings. The van der Waals surface area contributed by atoms with E-state index in [0.29, 0.717) is 15.6 Å². The Bertz CT molecular complexity index is 816. The molecule has 0 aliphatic rings. The van der Waals surface area contributed by atoms with Gasteiger partial charge in [-0.25, -0.2) is 4.79 Å². The second-order valence-electron chi connectivity index (χ2n) is 4.54. The topological polar surface area (TPSA) is 51.5 Å². The molecule has 0 spiro atoms. The molecule has 0 N–H and O–H groups in total. The molecule has 2 heterocycles. The molecule has 4 nitrogen and oxygen atoms in total. The second-order valence-corrected chi connectivity index (χ2v) is 5.92. The maximum atomic E-state index is 12.0. The fraction of sp³-hybridized carbons (Fsp3) is 0. The Labute approximate surface area is 142 Å². The van der Waals surface area contributed by atoms with Gasteiger partial charge in [0.2, 0.25) is 0 Å². The van der Waals surface area contributed by atoms with Gasteiger partial charge in [0.15, 0.2) is 0 Å². The number of thiophene rings is 1. The molecule has 0 saturated carbocycles. The minimum atomic E-state index is -0.486. The third kappa shape index (κ3) is 3.83. The molecule has 3 rings (SSSR count). The van der Waals surface area contributed by atoms with Crippen molar-refractivity contribution in [3.63, 3.8) is 0 Å². The highest BCUT2D eigenvalue weighted by atomic mass is 35.5. The first-order valence-electron chi connectivity index (χ1n) is 6.73. The third-order valence-electron chi connectivity index (χ3n) is 3.01. The zero-order valence-corrected chi connectivity index (χ0v) is 13.4. The van der Waals surface area contributed by atoms with Crippen molar-refractivity contribution in [2.24, 2.45) is 5.16 Å². The molecular formula is C17H11ClN2O2S. The molecule has 2 aromatic heterocycles. The third-order valence-corrected chi connectivity index (χ3v) is 4.12. The fourth-order valence-corrected chi connectivity index (χ4v) is 2.64.